The maximum absolute atomic E-state index is 12.5. The summed E-state index contributed by atoms with van der Waals surface area (Å²) in [5.41, 5.74) is 0.752. The van der Waals surface area contributed by atoms with Gasteiger partial charge in [0.25, 0.3) is 0 Å². The lowest BCUT2D eigenvalue weighted by molar-refractivity contribution is -0.135. The van der Waals surface area contributed by atoms with Gasteiger partial charge in [0.15, 0.2) is 0 Å². The van der Waals surface area contributed by atoms with E-state index in [0.717, 1.165) is 41.9 Å². The number of carbonyl (C=O) groups is 2. The molecule has 0 aliphatic rings. The van der Waals surface area contributed by atoms with E-state index in [0.29, 0.717) is 12.2 Å². The van der Waals surface area contributed by atoms with E-state index < -0.39 is 15.2 Å². The number of nitrogens with one attached hydrogen (secondary N) is 1. The monoisotopic (exact) mass is 555 g/mol. The maximum atomic E-state index is 12.5. The Morgan fingerprint density at radius 3 is 1.95 bits per heavy atom. The predicted molar refractivity (Wildman–Crippen MR) is 162 cm³/mol. The van der Waals surface area contributed by atoms with Crippen molar-refractivity contribution in [3.63, 3.8) is 0 Å². The molecule has 0 radical (unpaired) electrons. The van der Waals surface area contributed by atoms with Crippen molar-refractivity contribution < 1.29 is 14.3 Å². The first-order valence-electron chi connectivity index (χ1n) is 14.6. The summed E-state index contributed by atoms with van der Waals surface area (Å²) in [6, 6.07) is 5.95. The highest BCUT2D eigenvalue weighted by molar-refractivity contribution is 8.50. The molecule has 4 nitrogen and oxygen atoms in total. The van der Waals surface area contributed by atoms with E-state index in [-0.39, 0.29) is 17.9 Å². The first-order chi connectivity index (χ1) is 17.5. The maximum Gasteiger partial charge on any atom is 0.330 e. The molecule has 0 spiro atoms. The molecule has 0 aromatic heterocycles. The van der Waals surface area contributed by atoms with Gasteiger partial charge in [0.1, 0.15) is 12.3 Å². The van der Waals surface area contributed by atoms with Crippen LogP contribution >= 0.6 is 19.9 Å². The molecular formula is C31H54ClNO3S. The van der Waals surface area contributed by atoms with Crippen LogP contribution in [-0.2, 0) is 15.0 Å². The van der Waals surface area contributed by atoms with Crippen LogP contribution in [0.4, 0.5) is 0 Å². The Hall–Kier alpha value is -1.20. The third-order valence-electron chi connectivity index (χ3n) is 6.79. The molecule has 37 heavy (non-hydrogen) atoms. The third-order valence-corrected chi connectivity index (χ3v) is 10.1. The van der Waals surface area contributed by atoms with Crippen molar-refractivity contribution in [2.24, 2.45) is 0 Å². The minimum Gasteiger partial charge on any atom is -0.425 e. The highest BCUT2D eigenvalue weighted by Crippen LogP contribution is 2.58. The van der Waals surface area contributed by atoms with E-state index in [1.54, 1.807) is 0 Å². The molecule has 1 aromatic rings. The lowest BCUT2D eigenvalue weighted by Crippen LogP contribution is -2.32. The Balaban J connectivity index is 2.41. The summed E-state index contributed by atoms with van der Waals surface area (Å²) < 4.78 is 5.70. The molecule has 0 saturated carbocycles. The fraction of sp³-hybridized carbons (Fsp3) is 0.742. The first-order valence-corrected chi connectivity index (χ1v) is 17.6. The van der Waals surface area contributed by atoms with Gasteiger partial charge in [0.2, 0.25) is 5.91 Å². The van der Waals surface area contributed by atoms with Crippen LogP contribution in [0.2, 0.25) is 0 Å². The quantitative estimate of drug-likeness (QED) is 0.105. The van der Waals surface area contributed by atoms with Crippen LogP contribution in [0.5, 0.6) is 5.75 Å². The SMILES string of the molecule is CCCCCCCCCCCCCC(=O)NCC(=O)Oc1ccc(S(C)(Cl)CCCC)cc1C(C)(C)C. The van der Waals surface area contributed by atoms with Crippen LogP contribution in [0.3, 0.4) is 0 Å². The molecule has 0 heterocycles. The number of ether oxygens (including phenoxy) is 1. The Kier molecular flexibility index (Phi) is 16.6. The summed E-state index contributed by atoms with van der Waals surface area (Å²) in [5, 5.41) is 2.72. The minimum absolute atomic E-state index is 0.0864. The second-order valence-electron chi connectivity index (χ2n) is 11.5. The number of hydrogen-bond acceptors (Lipinski definition) is 3. The molecule has 1 atom stereocenters. The number of hydrogen-bond donors (Lipinski definition) is 1. The van der Waals surface area contributed by atoms with Crippen LogP contribution < -0.4 is 10.1 Å². The molecule has 6 heteroatoms. The lowest BCUT2D eigenvalue weighted by Gasteiger charge is -2.31. The van der Waals surface area contributed by atoms with E-state index in [2.05, 4.69) is 52.3 Å². The van der Waals surface area contributed by atoms with Crippen molar-refractivity contribution in [1.29, 1.82) is 0 Å². The smallest absolute Gasteiger partial charge is 0.330 e. The number of unbranched alkanes of at least 4 members (excludes halogenated alkanes) is 11. The second-order valence-corrected chi connectivity index (χ2v) is 16.4. The summed E-state index contributed by atoms with van der Waals surface area (Å²) in [4.78, 5) is 25.8. The number of esters is 1. The molecule has 1 aromatic carbocycles. The van der Waals surface area contributed by atoms with Gasteiger partial charge in [-0.15, -0.1) is 9.24 Å². The predicted octanol–water partition coefficient (Wildman–Crippen LogP) is 9.45. The number of carbonyl (C=O) groups excluding carboxylic acids is 2. The molecule has 0 fully saturated rings. The highest BCUT2D eigenvalue weighted by atomic mass is 35.7. The Bertz CT molecular complexity index is 804. The summed E-state index contributed by atoms with van der Waals surface area (Å²) in [6.07, 6.45) is 18.5. The molecule has 0 aliphatic heterocycles. The Morgan fingerprint density at radius 1 is 0.865 bits per heavy atom. The van der Waals surface area contributed by atoms with Crippen molar-refractivity contribution in [1.82, 2.24) is 5.32 Å². The number of benzene rings is 1. The lowest BCUT2D eigenvalue weighted by atomic mass is 9.86. The van der Waals surface area contributed by atoms with Gasteiger partial charge < -0.3 is 10.1 Å². The zero-order valence-corrected chi connectivity index (χ0v) is 26.1. The van der Waals surface area contributed by atoms with Crippen molar-refractivity contribution in [3.8, 4) is 5.75 Å². The van der Waals surface area contributed by atoms with Crippen LogP contribution in [0.1, 0.15) is 130 Å². The standard InChI is InChI=1S/C31H54ClNO3S/c1-7-9-11-12-13-14-15-16-17-18-19-20-29(34)33-25-30(35)36-28-22-21-26(24-27(28)31(3,4)5)37(6,32)23-10-8-2/h21-22,24H,7-20,23,25H2,1-6H3,(H,33,34). The van der Waals surface area contributed by atoms with E-state index in [9.17, 15) is 9.59 Å². The van der Waals surface area contributed by atoms with Crippen molar-refractivity contribution in [3.05, 3.63) is 23.8 Å². The molecule has 1 unspecified atom stereocenters. The summed E-state index contributed by atoms with van der Waals surface area (Å²) >= 11 is 0. The van der Waals surface area contributed by atoms with Gasteiger partial charge in [-0.3, -0.25) is 4.79 Å². The normalized spacial score (nSPS) is 14.1. The van der Waals surface area contributed by atoms with Crippen LogP contribution in [-0.4, -0.2) is 30.4 Å². The molecule has 1 N–H and O–H groups in total. The molecule has 0 bridgehead atoms. The van der Waals surface area contributed by atoms with E-state index >= 15 is 0 Å². The van der Waals surface area contributed by atoms with Gasteiger partial charge in [0, 0.05) is 16.9 Å². The topological polar surface area (TPSA) is 55.4 Å². The average molecular weight is 556 g/mol. The van der Waals surface area contributed by atoms with Gasteiger partial charge in [-0.1, -0.05) is 116 Å². The average Bonchev–Trinajstić information content (AvgIpc) is 2.84. The fourth-order valence-electron chi connectivity index (χ4n) is 4.35. The highest BCUT2D eigenvalue weighted by Gasteiger charge is 2.25. The number of rotatable bonds is 19. The van der Waals surface area contributed by atoms with E-state index in [4.69, 9.17) is 15.4 Å². The third kappa shape index (κ3) is 14.5. The zero-order valence-electron chi connectivity index (χ0n) is 24.6. The largest absolute Gasteiger partial charge is 0.425 e. The van der Waals surface area contributed by atoms with Crippen molar-refractivity contribution in [2.45, 2.75) is 135 Å². The summed E-state index contributed by atoms with van der Waals surface area (Å²) in [5.74, 6) is 0.983. The van der Waals surface area contributed by atoms with Crippen LogP contribution in [0, 0.1) is 0 Å². The van der Waals surface area contributed by atoms with Crippen LogP contribution in [0.15, 0.2) is 23.1 Å². The van der Waals surface area contributed by atoms with Gasteiger partial charge >= 0.3 is 5.97 Å². The molecule has 0 aliphatic carbocycles. The summed E-state index contributed by atoms with van der Waals surface area (Å²) in [6.45, 7) is 10.6. The zero-order chi connectivity index (χ0) is 27.7. The second kappa shape index (κ2) is 18.2. The molecular weight excluding hydrogens is 502 g/mol. The van der Waals surface area contributed by atoms with E-state index in [1.165, 1.54) is 57.8 Å². The molecule has 1 rings (SSSR count). The minimum atomic E-state index is -1.42. The van der Waals surface area contributed by atoms with Gasteiger partial charge in [-0.2, -0.15) is 0 Å². The van der Waals surface area contributed by atoms with Gasteiger partial charge in [0.05, 0.1) is 0 Å². The van der Waals surface area contributed by atoms with Gasteiger partial charge in [-0.25, -0.2) is 4.79 Å². The van der Waals surface area contributed by atoms with Crippen molar-refractivity contribution >= 4 is 31.8 Å². The van der Waals surface area contributed by atoms with Crippen molar-refractivity contribution in [2.75, 3.05) is 18.6 Å². The Morgan fingerprint density at radius 2 is 1.41 bits per heavy atom. The van der Waals surface area contributed by atoms with Gasteiger partial charge in [-0.05, 0) is 48.5 Å². The van der Waals surface area contributed by atoms with E-state index in [1.807, 2.05) is 12.1 Å². The molecule has 214 valence electrons. The molecule has 1 amide bonds. The Labute approximate surface area is 233 Å². The molecule has 0 saturated heterocycles. The summed E-state index contributed by atoms with van der Waals surface area (Å²) in [7, 11) is 5.52. The van der Waals surface area contributed by atoms with Crippen LogP contribution in [0.25, 0.3) is 0 Å². The fourth-order valence-corrected chi connectivity index (χ4v) is 6.75. The first kappa shape index (κ1) is 33.8. The number of halogens is 1. The number of amides is 1.